The van der Waals surface area contributed by atoms with Crippen molar-refractivity contribution in [3.8, 4) is 5.75 Å². The Balaban J connectivity index is 2.06. The molecule has 0 bridgehead atoms. The van der Waals surface area contributed by atoms with Crippen LogP contribution in [0.25, 0.3) is 0 Å². The summed E-state index contributed by atoms with van der Waals surface area (Å²) >= 11 is 11.9. The number of nitro benzene ring substituents is 1. The third kappa shape index (κ3) is 4.63. The van der Waals surface area contributed by atoms with Crippen LogP contribution in [0.1, 0.15) is 12.5 Å². The van der Waals surface area contributed by atoms with Crippen LogP contribution < -0.4 is 10.1 Å². The zero-order valence-electron chi connectivity index (χ0n) is 14.0. The zero-order chi connectivity index (χ0) is 19.5. The van der Waals surface area contributed by atoms with Crippen molar-refractivity contribution < 1.29 is 19.6 Å². The van der Waals surface area contributed by atoms with E-state index in [0.29, 0.717) is 11.3 Å². The highest BCUT2D eigenvalue weighted by molar-refractivity contribution is 6.42. The average Bonchev–Trinajstić information content (AvgIpc) is 2.56. The molecule has 0 saturated carbocycles. The highest BCUT2D eigenvalue weighted by Crippen LogP contribution is 2.32. The van der Waals surface area contributed by atoms with Gasteiger partial charge in [0.05, 0.1) is 9.95 Å². The van der Waals surface area contributed by atoms with Gasteiger partial charge in [0.1, 0.15) is 17.4 Å². The lowest BCUT2D eigenvalue weighted by Crippen LogP contribution is -2.45. The van der Waals surface area contributed by atoms with Crippen LogP contribution in [0.2, 0.25) is 10.0 Å². The second-order valence-electron chi connectivity index (χ2n) is 5.83. The molecule has 9 heteroatoms. The van der Waals surface area contributed by atoms with Crippen molar-refractivity contribution in [1.29, 1.82) is 0 Å². The zero-order valence-corrected chi connectivity index (χ0v) is 15.5. The number of nitro groups is 1. The molecule has 1 atom stereocenters. The van der Waals surface area contributed by atoms with E-state index in [9.17, 15) is 20.0 Å². The standard InChI is InChI=1S/C17H16Cl2N2O5/c1-10-8-11(6-7-13(10)21(24)25)20-16(22)17(2,23)9-26-14-5-3-4-12(18)15(14)19/h3-8,23H,9H2,1-2H3,(H,20,22). The van der Waals surface area contributed by atoms with Gasteiger partial charge in [-0.15, -0.1) is 0 Å². The number of nitrogens with zero attached hydrogens (tertiary/aromatic N) is 1. The van der Waals surface area contributed by atoms with E-state index in [4.69, 9.17) is 27.9 Å². The number of carbonyl (C=O) groups is 1. The minimum Gasteiger partial charge on any atom is -0.488 e. The summed E-state index contributed by atoms with van der Waals surface area (Å²) in [5, 5.41) is 24.1. The molecule has 26 heavy (non-hydrogen) atoms. The molecule has 2 N–H and O–H groups in total. The maximum atomic E-state index is 12.3. The summed E-state index contributed by atoms with van der Waals surface area (Å²) in [6.07, 6.45) is 0. The molecule has 0 spiro atoms. The van der Waals surface area contributed by atoms with E-state index >= 15 is 0 Å². The maximum Gasteiger partial charge on any atom is 0.272 e. The van der Waals surface area contributed by atoms with Crippen molar-refractivity contribution in [2.24, 2.45) is 0 Å². The molecule has 0 radical (unpaired) electrons. The molecule has 0 aliphatic rings. The fraction of sp³-hybridized carbons (Fsp3) is 0.235. The summed E-state index contributed by atoms with van der Waals surface area (Å²) in [7, 11) is 0. The molecule has 0 fully saturated rings. The van der Waals surface area contributed by atoms with E-state index in [0.717, 1.165) is 0 Å². The Bertz CT molecular complexity index is 855. The lowest BCUT2D eigenvalue weighted by Gasteiger charge is -2.23. The largest absolute Gasteiger partial charge is 0.488 e. The van der Waals surface area contributed by atoms with Crippen molar-refractivity contribution >= 4 is 40.5 Å². The number of anilines is 1. The van der Waals surface area contributed by atoms with Crippen LogP contribution in [0.3, 0.4) is 0 Å². The molecule has 0 aromatic heterocycles. The second kappa shape index (κ2) is 7.90. The number of ether oxygens (including phenoxy) is 1. The smallest absolute Gasteiger partial charge is 0.272 e. The Labute approximate surface area is 159 Å². The minimum absolute atomic E-state index is 0.0614. The molecule has 1 amide bonds. The van der Waals surface area contributed by atoms with Crippen molar-refractivity contribution in [3.05, 3.63) is 62.1 Å². The first-order valence-electron chi connectivity index (χ1n) is 7.47. The van der Waals surface area contributed by atoms with Gasteiger partial charge in [0.15, 0.2) is 5.60 Å². The number of rotatable bonds is 6. The Hall–Kier alpha value is -2.35. The number of hydrogen-bond acceptors (Lipinski definition) is 5. The number of nitrogens with one attached hydrogen (secondary N) is 1. The monoisotopic (exact) mass is 398 g/mol. The molecule has 0 aliphatic carbocycles. The topological polar surface area (TPSA) is 102 Å². The highest BCUT2D eigenvalue weighted by Gasteiger charge is 2.32. The SMILES string of the molecule is Cc1cc(NC(=O)C(C)(O)COc2cccc(Cl)c2Cl)ccc1[N+](=O)[O-]. The van der Waals surface area contributed by atoms with E-state index < -0.39 is 16.4 Å². The molecule has 0 saturated heterocycles. The van der Waals surface area contributed by atoms with Crippen LogP contribution in [-0.2, 0) is 4.79 Å². The van der Waals surface area contributed by atoms with E-state index in [-0.39, 0.29) is 28.1 Å². The van der Waals surface area contributed by atoms with Gasteiger partial charge in [-0.2, -0.15) is 0 Å². The number of amides is 1. The summed E-state index contributed by atoms with van der Waals surface area (Å²) in [4.78, 5) is 22.6. The van der Waals surface area contributed by atoms with Gasteiger partial charge >= 0.3 is 0 Å². The fourth-order valence-corrected chi connectivity index (χ4v) is 2.43. The van der Waals surface area contributed by atoms with Gasteiger partial charge in [0.25, 0.3) is 11.6 Å². The van der Waals surface area contributed by atoms with Crippen LogP contribution in [0, 0.1) is 17.0 Å². The van der Waals surface area contributed by atoms with E-state index in [1.807, 2.05) is 0 Å². The van der Waals surface area contributed by atoms with Gasteiger partial charge in [0.2, 0.25) is 0 Å². The Morgan fingerprint density at radius 3 is 2.65 bits per heavy atom. The number of aliphatic hydroxyl groups is 1. The predicted molar refractivity (Wildman–Crippen MR) is 99.0 cm³/mol. The normalized spacial score (nSPS) is 13.0. The molecular formula is C17H16Cl2N2O5. The summed E-state index contributed by atoms with van der Waals surface area (Å²) in [5.41, 5.74) is -1.23. The Morgan fingerprint density at radius 2 is 2.04 bits per heavy atom. The van der Waals surface area contributed by atoms with Crippen LogP contribution in [0.5, 0.6) is 5.75 Å². The summed E-state index contributed by atoms with van der Waals surface area (Å²) < 4.78 is 5.40. The molecule has 0 aliphatic heterocycles. The van der Waals surface area contributed by atoms with Crippen LogP contribution in [0.4, 0.5) is 11.4 Å². The van der Waals surface area contributed by atoms with Crippen molar-refractivity contribution in [2.75, 3.05) is 11.9 Å². The summed E-state index contributed by atoms with van der Waals surface area (Å²) in [5.74, 6) is -0.498. The number of aryl methyl sites for hydroxylation is 1. The van der Waals surface area contributed by atoms with Crippen LogP contribution >= 0.6 is 23.2 Å². The van der Waals surface area contributed by atoms with E-state index in [1.54, 1.807) is 25.1 Å². The van der Waals surface area contributed by atoms with Gasteiger partial charge < -0.3 is 15.2 Å². The molecular weight excluding hydrogens is 383 g/mol. The van der Waals surface area contributed by atoms with Crippen LogP contribution in [-0.4, -0.2) is 28.1 Å². The summed E-state index contributed by atoms with van der Waals surface area (Å²) in [6, 6.07) is 8.87. The second-order valence-corrected chi connectivity index (χ2v) is 6.61. The number of hydrogen-bond donors (Lipinski definition) is 2. The predicted octanol–water partition coefficient (Wildman–Crippen LogP) is 3.98. The van der Waals surface area contributed by atoms with Crippen molar-refractivity contribution in [2.45, 2.75) is 19.4 Å². The van der Waals surface area contributed by atoms with Gasteiger partial charge in [-0.25, -0.2) is 0 Å². The first-order chi connectivity index (χ1) is 12.1. The maximum absolute atomic E-state index is 12.3. The number of halogens is 2. The Morgan fingerprint density at radius 1 is 1.35 bits per heavy atom. The first-order valence-corrected chi connectivity index (χ1v) is 8.23. The van der Waals surface area contributed by atoms with Gasteiger partial charge in [-0.05, 0) is 38.1 Å². The third-order valence-corrected chi connectivity index (χ3v) is 4.37. The lowest BCUT2D eigenvalue weighted by atomic mass is 10.1. The van der Waals surface area contributed by atoms with E-state index in [1.165, 1.54) is 25.1 Å². The lowest BCUT2D eigenvalue weighted by molar-refractivity contribution is -0.385. The molecule has 2 aromatic rings. The van der Waals surface area contributed by atoms with Crippen molar-refractivity contribution in [1.82, 2.24) is 0 Å². The molecule has 7 nitrogen and oxygen atoms in total. The fourth-order valence-electron chi connectivity index (χ4n) is 2.08. The van der Waals surface area contributed by atoms with Crippen molar-refractivity contribution in [3.63, 3.8) is 0 Å². The first kappa shape index (κ1) is 20.0. The van der Waals surface area contributed by atoms with E-state index in [2.05, 4.69) is 5.32 Å². The molecule has 1 unspecified atom stereocenters. The van der Waals surface area contributed by atoms with Gasteiger partial charge in [-0.3, -0.25) is 14.9 Å². The minimum atomic E-state index is -1.87. The molecule has 2 aromatic carbocycles. The van der Waals surface area contributed by atoms with Gasteiger partial charge in [0, 0.05) is 17.3 Å². The number of carbonyl (C=O) groups excluding carboxylic acids is 1. The third-order valence-electron chi connectivity index (χ3n) is 3.57. The molecule has 2 rings (SSSR count). The Kier molecular flexibility index (Phi) is 6.07. The van der Waals surface area contributed by atoms with Crippen LogP contribution in [0.15, 0.2) is 36.4 Å². The summed E-state index contributed by atoms with van der Waals surface area (Å²) in [6.45, 7) is 2.46. The van der Waals surface area contributed by atoms with Gasteiger partial charge in [-0.1, -0.05) is 29.3 Å². The highest BCUT2D eigenvalue weighted by atomic mass is 35.5. The quantitative estimate of drug-likeness (QED) is 0.565. The number of benzene rings is 2. The molecule has 0 heterocycles. The average molecular weight is 399 g/mol. The molecule has 138 valence electrons.